The molecule has 0 saturated heterocycles. The van der Waals surface area contributed by atoms with Gasteiger partial charge in [0.1, 0.15) is 0 Å². The quantitative estimate of drug-likeness (QED) is 0.323. The maximum absolute atomic E-state index is 12.3. The first-order valence-electron chi connectivity index (χ1n) is 6.29. The second kappa shape index (κ2) is 6.72. The number of nitro benzene ring substituents is 1. The van der Waals surface area contributed by atoms with E-state index in [9.17, 15) is 28.1 Å². The molecule has 0 unspecified atom stereocenters. The summed E-state index contributed by atoms with van der Waals surface area (Å²) in [5.74, 6) is -2.50. The molecule has 132 valence electrons. The number of carbonyl (C=O) groups is 1. The molecule has 0 fully saturated rings. The Kier molecular flexibility index (Phi) is 4.87. The molecule has 0 radical (unpaired) electrons. The fraction of sp³-hybridized carbons (Fsp3) is 0.0833. The van der Waals surface area contributed by atoms with Gasteiger partial charge in [-0.15, -0.1) is 11.3 Å². The lowest BCUT2D eigenvalue weighted by Gasteiger charge is -2.09. The summed E-state index contributed by atoms with van der Waals surface area (Å²) in [5, 5.41) is 14.1. The van der Waals surface area contributed by atoms with Gasteiger partial charge in [0, 0.05) is 28.8 Å². The first-order valence-corrected chi connectivity index (χ1v) is 7.17. The second-order valence-corrected chi connectivity index (χ2v) is 5.37. The predicted octanol–water partition coefficient (Wildman–Crippen LogP) is 2.12. The molecule has 1 aromatic heterocycles. The summed E-state index contributed by atoms with van der Waals surface area (Å²) in [5.41, 5.74) is 9.79. The van der Waals surface area contributed by atoms with Gasteiger partial charge in [0.2, 0.25) is 5.13 Å². The molecule has 1 heterocycles. The van der Waals surface area contributed by atoms with Crippen LogP contribution in [0.2, 0.25) is 0 Å². The Morgan fingerprint density at radius 3 is 2.56 bits per heavy atom. The summed E-state index contributed by atoms with van der Waals surface area (Å²) >= 11 is 1.02. The lowest BCUT2D eigenvalue weighted by molar-refractivity contribution is -0.384. The number of halogens is 3. The Labute approximate surface area is 141 Å². The van der Waals surface area contributed by atoms with Crippen molar-refractivity contribution < 1.29 is 22.9 Å². The molecular formula is C12H9F3N6O3S. The van der Waals surface area contributed by atoms with Crippen molar-refractivity contribution in [3.05, 3.63) is 33.7 Å². The molecule has 13 heteroatoms. The largest absolute Gasteiger partial charge is 0.471 e. The minimum Gasteiger partial charge on any atom is -0.370 e. The normalized spacial score (nSPS) is 11.0. The van der Waals surface area contributed by atoms with Crippen LogP contribution in [-0.2, 0) is 4.79 Å². The van der Waals surface area contributed by atoms with Gasteiger partial charge < -0.3 is 16.8 Å². The number of nitrogens with one attached hydrogen (secondary N) is 1. The van der Waals surface area contributed by atoms with Crippen molar-refractivity contribution >= 4 is 39.7 Å². The number of aliphatic imine (C=N–C) groups is 1. The van der Waals surface area contributed by atoms with Gasteiger partial charge in [-0.2, -0.15) is 18.2 Å². The van der Waals surface area contributed by atoms with Gasteiger partial charge in [-0.3, -0.25) is 14.9 Å². The molecule has 2 aromatic rings. The molecular weight excluding hydrogens is 365 g/mol. The van der Waals surface area contributed by atoms with E-state index < -0.39 is 28.4 Å². The van der Waals surface area contributed by atoms with Crippen molar-refractivity contribution in [3.8, 4) is 11.3 Å². The number of benzene rings is 1. The third-order valence-corrected chi connectivity index (χ3v) is 3.39. The Bertz CT molecular complexity index is 860. The highest BCUT2D eigenvalue weighted by Crippen LogP contribution is 2.32. The number of hydrogen-bond acceptors (Lipinski definition) is 6. The van der Waals surface area contributed by atoms with Gasteiger partial charge in [-0.25, -0.2) is 4.98 Å². The van der Waals surface area contributed by atoms with Crippen molar-refractivity contribution in [3.63, 3.8) is 0 Å². The predicted molar refractivity (Wildman–Crippen MR) is 84.4 cm³/mol. The average molecular weight is 374 g/mol. The molecule has 5 N–H and O–H groups in total. The smallest absolute Gasteiger partial charge is 0.370 e. The van der Waals surface area contributed by atoms with Gasteiger partial charge in [0.15, 0.2) is 5.96 Å². The highest BCUT2D eigenvalue weighted by atomic mass is 32.1. The van der Waals surface area contributed by atoms with Crippen molar-refractivity contribution in [1.29, 1.82) is 0 Å². The van der Waals surface area contributed by atoms with Crippen LogP contribution < -0.4 is 16.8 Å². The molecule has 0 saturated carbocycles. The third kappa shape index (κ3) is 4.63. The average Bonchev–Trinajstić information content (AvgIpc) is 2.93. The topological polar surface area (TPSA) is 150 Å². The van der Waals surface area contributed by atoms with Crippen molar-refractivity contribution in [2.24, 2.45) is 16.5 Å². The van der Waals surface area contributed by atoms with Crippen LogP contribution in [-0.4, -0.2) is 28.0 Å². The number of non-ortho nitro benzene ring substituents is 1. The summed E-state index contributed by atoms with van der Waals surface area (Å²) in [4.78, 5) is 28.9. The summed E-state index contributed by atoms with van der Waals surface area (Å²) in [6, 6.07) is 3.01. The Morgan fingerprint density at radius 1 is 1.32 bits per heavy atom. The number of guanidine groups is 1. The zero-order valence-corrected chi connectivity index (χ0v) is 12.9. The van der Waals surface area contributed by atoms with Crippen molar-refractivity contribution in [2.75, 3.05) is 5.32 Å². The van der Waals surface area contributed by atoms with Crippen LogP contribution in [0.3, 0.4) is 0 Å². The molecule has 0 aliphatic rings. The molecule has 1 amide bonds. The van der Waals surface area contributed by atoms with Crippen molar-refractivity contribution in [2.45, 2.75) is 6.18 Å². The van der Waals surface area contributed by atoms with E-state index in [0.29, 0.717) is 0 Å². The fourth-order valence-corrected chi connectivity index (χ4v) is 2.41. The summed E-state index contributed by atoms with van der Waals surface area (Å²) in [6.45, 7) is 0. The molecule has 0 aliphatic carbocycles. The summed E-state index contributed by atoms with van der Waals surface area (Å²) in [7, 11) is 0. The van der Waals surface area contributed by atoms with E-state index in [1.807, 2.05) is 0 Å². The number of hydrogen-bond donors (Lipinski definition) is 3. The minimum atomic E-state index is -5.13. The number of rotatable bonds is 4. The zero-order valence-electron chi connectivity index (χ0n) is 12.1. The first-order chi connectivity index (χ1) is 11.6. The van der Waals surface area contributed by atoms with Crippen LogP contribution >= 0.6 is 11.3 Å². The van der Waals surface area contributed by atoms with E-state index in [1.165, 1.54) is 5.38 Å². The highest BCUT2D eigenvalue weighted by molar-refractivity contribution is 7.13. The molecule has 0 bridgehead atoms. The molecule has 9 nitrogen and oxygen atoms in total. The SMILES string of the molecule is NC(N)=Nc1nc(-c2cc(NC(=O)C(F)(F)F)cc([N+](=O)[O-])c2)cs1. The number of carbonyl (C=O) groups excluding carboxylic acids is 1. The van der Waals surface area contributed by atoms with E-state index >= 15 is 0 Å². The van der Waals surface area contributed by atoms with Crippen LogP contribution in [0.4, 0.5) is 29.7 Å². The lowest BCUT2D eigenvalue weighted by atomic mass is 10.1. The Morgan fingerprint density at radius 2 is 2.00 bits per heavy atom. The molecule has 2 rings (SSSR count). The van der Waals surface area contributed by atoms with E-state index in [0.717, 1.165) is 29.5 Å². The highest BCUT2D eigenvalue weighted by Gasteiger charge is 2.38. The Hall–Kier alpha value is -3.22. The van der Waals surface area contributed by atoms with E-state index in [2.05, 4.69) is 9.98 Å². The zero-order chi connectivity index (χ0) is 18.8. The first kappa shape index (κ1) is 18.1. The van der Waals surface area contributed by atoms with Gasteiger partial charge in [-0.1, -0.05) is 0 Å². The van der Waals surface area contributed by atoms with Gasteiger partial charge >= 0.3 is 12.1 Å². The minimum absolute atomic E-state index is 0.111. The molecule has 0 atom stereocenters. The monoisotopic (exact) mass is 374 g/mol. The molecule has 25 heavy (non-hydrogen) atoms. The van der Waals surface area contributed by atoms with Gasteiger partial charge in [0.05, 0.1) is 10.6 Å². The van der Waals surface area contributed by atoms with Crippen LogP contribution in [0.1, 0.15) is 0 Å². The fourth-order valence-electron chi connectivity index (χ4n) is 1.70. The number of alkyl halides is 3. The number of aromatic nitrogens is 1. The molecule has 1 aromatic carbocycles. The standard InChI is InChI=1S/C12H9F3N6O3S/c13-12(14,15)9(22)18-6-1-5(2-7(3-6)21(23)24)8-4-25-11(19-8)20-10(16)17/h1-4H,(H,18,22)(H4,16,17,19,20). The van der Waals surface area contributed by atoms with Crippen LogP contribution in [0, 0.1) is 10.1 Å². The number of anilines is 1. The summed E-state index contributed by atoms with van der Waals surface area (Å²) < 4.78 is 37.0. The van der Waals surface area contributed by atoms with Gasteiger partial charge in [-0.05, 0) is 6.07 Å². The molecule has 0 aliphatic heterocycles. The Balaban J connectivity index is 2.44. The van der Waals surface area contributed by atoms with E-state index in [-0.39, 0.29) is 22.3 Å². The van der Waals surface area contributed by atoms with E-state index in [1.54, 1.807) is 5.32 Å². The summed E-state index contributed by atoms with van der Waals surface area (Å²) in [6.07, 6.45) is -5.13. The van der Waals surface area contributed by atoms with E-state index in [4.69, 9.17) is 11.5 Å². The van der Waals surface area contributed by atoms with Crippen LogP contribution in [0.15, 0.2) is 28.6 Å². The number of amides is 1. The van der Waals surface area contributed by atoms with Crippen LogP contribution in [0.5, 0.6) is 0 Å². The number of nitrogens with two attached hydrogens (primary N) is 2. The van der Waals surface area contributed by atoms with Crippen LogP contribution in [0.25, 0.3) is 11.3 Å². The van der Waals surface area contributed by atoms with Crippen molar-refractivity contribution in [1.82, 2.24) is 4.98 Å². The second-order valence-electron chi connectivity index (χ2n) is 4.53. The number of nitrogens with zero attached hydrogens (tertiary/aromatic N) is 3. The van der Waals surface area contributed by atoms with Gasteiger partial charge in [0.25, 0.3) is 5.69 Å². The number of thiazole rings is 1. The maximum Gasteiger partial charge on any atom is 0.471 e. The third-order valence-electron chi connectivity index (χ3n) is 2.66. The molecule has 0 spiro atoms. The lowest BCUT2D eigenvalue weighted by Crippen LogP contribution is -2.29. The number of nitro groups is 1. The maximum atomic E-state index is 12.3.